The summed E-state index contributed by atoms with van der Waals surface area (Å²) in [6.07, 6.45) is 0. The molecule has 0 aliphatic carbocycles. The number of urea groups is 1. The molecule has 2 aromatic rings. The van der Waals surface area contributed by atoms with Crippen molar-refractivity contribution in [2.45, 2.75) is 0 Å². The Hall–Kier alpha value is -1.86. The first-order valence-electron chi connectivity index (χ1n) is 6.74. The van der Waals surface area contributed by atoms with Gasteiger partial charge >= 0.3 is 6.03 Å². The van der Waals surface area contributed by atoms with E-state index < -0.39 is 18.5 Å². The van der Waals surface area contributed by atoms with Gasteiger partial charge in [-0.2, -0.15) is 0 Å². The molecule has 0 aromatic heterocycles. The molecule has 2 rings (SSSR count). The summed E-state index contributed by atoms with van der Waals surface area (Å²) in [7, 11) is 0. The minimum Gasteiger partial charge on any atom is -0.482 e. The average Bonchev–Trinajstić information content (AvgIpc) is 2.55. The summed E-state index contributed by atoms with van der Waals surface area (Å²) in [5, 5.41) is 3.66. The van der Waals surface area contributed by atoms with Crippen LogP contribution in [-0.2, 0) is 4.79 Å². The zero-order valence-corrected chi connectivity index (χ0v) is 15.4. The van der Waals surface area contributed by atoms with Crippen molar-refractivity contribution < 1.29 is 14.3 Å². The molecule has 3 amide bonds. The number of carbonyl (C=O) groups excluding carboxylic acids is 2. The largest absolute Gasteiger partial charge is 0.482 e. The van der Waals surface area contributed by atoms with E-state index in [-0.39, 0.29) is 20.8 Å². The van der Waals surface area contributed by atoms with Crippen LogP contribution in [0.4, 0.5) is 10.5 Å². The molecule has 6 nitrogen and oxygen atoms in total. The van der Waals surface area contributed by atoms with Crippen LogP contribution in [0.15, 0.2) is 36.4 Å². The first-order chi connectivity index (χ1) is 11.8. The highest BCUT2D eigenvalue weighted by molar-refractivity contribution is 6.43. The molecule has 0 saturated heterocycles. The molecule has 0 unspecified atom stereocenters. The Balaban J connectivity index is 1.79. The standard InChI is InChI=1S/C15H11Cl4N3O3/c16-8-2-1-3-9(4-8)20-15(24)22-21-14(23)7-25-13-6-11(18)10(17)5-12(13)19/h1-6H,7H2,(H,21,23)(H2,20,22,24). The van der Waals surface area contributed by atoms with Crippen LogP contribution < -0.4 is 20.9 Å². The van der Waals surface area contributed by atoms with Crippen molar-refractivity contribution in [3.8, 4) is 5.75 Å². The van der Waals surface area contributed by atoms with Gasteiger partial charge in [0, 0.05) is 16.8 Å². The van der Waals surface area contributed by atoms with E-state index in [1.54, 1.807) is 24.3 Å². The fourth-order valence-corrected chi connectivity index (χ4v) is 2.43. The van der Waals surface area contributed by atoms with Gasteiger partial charge in [-0.1, -0.05) is 52.5 Å². The maximum absolute atomic E-state index is 11.7. The van der Waals surface area contributed by atoms with E-state index in [1.807, 2.05) is 0 Å². The Kier molecular flexibility index (Phi) is 7.01. The number of hydrazine groups is 1. The van der Waals surface area contributed by atoms with Gasteiger partial charge in [0.05, 0.1) is 15.1 Å². The Morgan fingerprint density at radius 1 is 0.920 bits per heavy atom. The summed E-state index contributed by atoms with van der Waals surface area (Å²) in [5.41, 5.74) is 4.81. The molecule has 0 heterocycles. The minimum absolute atomic E-state index is 0.189. The molecule has 10 heteroatoms. The second kappa shape index (κ2) is 9.01. The predicted octanol–water partition coefficient (Wildman–Crippen LogP) is 4.53. The van der Waals surface area contributed by atoms with Crippen molar-refractivity contribution in [3.05, 3.63) is 56.5 Å². The van der Waals surface area contributed by atoms with Gasteiger partial charge in [-0.3, -0.25) is 10.2 Å². The molecular formula is C15H11Cl4N3O3. The summed E-state index contributed by atoms with van der Waals surface area (Å²) >= 11 is 23.4. The highest BCUT2D eigenvalue weighted by atomic mass is 35.5. The molecule has 0 fully saturated rings. The van der Waals surface area contributed by atoms with Gasteiger partial charge in [-0.05, 0) is 24.3 Å². The first kappa shape index (κ1) is 19.5. The Labute approximate surface area is 163 Å². The number of amides is 3. The molecule has 0 saturated carbocycles. The lowest BCUT2D eigenvalue weighted by molar-refractivity contribution is -0.123. The molecule has 2 aromatic carbocycles. The highest BCUT2D eigenvalue weighted by Crippen LogP contribution is 2.33. The van der Waals surface area contributed by atoms with Crippen LogP contribution in [0.5, 0.6) is 5.75 Å². The van der Waals surface area contributed by atoms with Gasteiger partial charge in [-0.15, -0.1) is 0 Å². The number of hydrogen-bond donors (Lipinski definition) is 3. The van der Waals surface area contributed by atoms with Gasteiger partial charge in [0.15, 0.2) is 6.61 Å². The third-order valence-electron chi connectivity index (χ3n) is 2.73. The van der Waals surface area contributed by atoms with E-state index in [2.05, 4.69) is 16.2 Å². The van der Waals surface area contributed by atoms with E-state index >= 15 is 0 Å². The molecule has 25 heavy (non-hydrogen) atoms. The van der Waals surface area contributed by atoms with Gasteiger partial charge in [0.25, 0.3) is 5.91 Å². The fourth-order valence-electron chi connectivity index (χ4n) is 1.65. The Bertz CT molecular complexity index is 802. The molecule has 0 spiro atoms. The van der Waals surface area contributed by atoms with Crippen LogP contribution in [0.25, 0.3) is 0 Å². The molecule has 0 bridgehead atoms. The molecule has 0 aliphatic heterocycles. The normalized spacial score (nSPS) is 10.1. The zero-order valence-electron chi connectivity index (χ0n) is 12.4. The summed E-state index contributed by atoms with van der Waals surface area (Å²) in [6, 6.07) is 8.67. The van der Waals surface area contributed by atoms with Crippen LogP contribution in [0.1, 0.15) is 0 Å². The topological polar surface area (TPSA) is 79.5 Å². The highest BCUT2D eigenvalue weighted by Gasteiger charge is 2.10. The summed E-state index contributed by atoms with van der Waals surface area (Å²) in [4.78, 5) is 23.4. The molecule has 0 radical (unpaired) electrons. The lowest BCUT2D eigenvalue weighted by atomic mass is 10.3. The van der Waals surface area contributed by atoms with Gasteiger partial charge in [-0.25, -0.2) is 10.2 Å². The number of ether oxygens (including phenoxy) is 1. The summed E-state index contributed by atoms with van der Waals surface area (Å²) in [5.74, 6) is -0.419. The SMILES string of the molecule is O=C(COc1cc(Cl)c(Cl)cc1Cl)NNC(=O)Nc1cccc(Cl)c1. The van der Waals surface area contributed by atoms with Gasteiger partial charge < -0.3 is 10.1 Å². The van der Waals surface area contributed by atoms with Crippen molar-refractivity contribution in [2.24, 2.45) is 0 Å². The third-order valence-corrected chi connectivity index (χ3v) is 3.98. The molecule has 3 N–H and O–H groups in total. The van der Waals surface area contributed by atoms with Crippen molar-refractivity contribution >= 4 is 64.0 Å². The number of rotatable bonds is 4. The van der Waals surface area contributed by atoms with Gasteiger partial charge in [0.2, 0.25) is 0 Å². The quantitative estimate of drug-likeness (QED) is 0.500. The number of benzene rings is 2. The molecular weight excluding hydrogens is 412 g/mol. The number of halogens is 4. The van der Waals surface area contributed by atoms with Crippen LogP contribution in [0, 0.1) is 0 Å². The van der Waals surface area contributed by atoms with Gasteiger partial charge in [0.1, 0.15) is 5.75 Å². The maximum atomic E-state index is 11.7. The van der Waals surface area contributed by atoms with E-state index in [0.29, 0.717) is 10.7 Å². The predicted molar refractivity (Wildman–Crippen MR) is 98.7 cm³/mol. The molecule has 132 valence electrons. The first-order valence-corrected chi connectivity index (χ1v) is 8.25. The van der Waals surface area contributed by atoms with Crippen molar-refractivity contribution in [2.75, 3.05) is 11.9 Å². The number of hydrogen-bond acceptors (Lipinski definition) is 3. The Morgan fingerprint density at radius 2 is 1.64 bits per heavy atom. The lowest BCUT2D eigenvalue weighted by Gasteiger charge is -2.11. The van der Waals surface area contributed by atoms with Crippen molar-refractivity contribution in [1.82, 2.24) is 10.9 Å². The minimum atomic E-state index is -0.650. The van der Waals surface area contributed by atoms with E-state index in [0.717, 1.165) is 0 Å². The number of nitrogens with one attached hydrogen (secondary N) is 3. The number of anilines is 1. The van der Waals surface area contributed by atoms with Crippen LogP contribution in [0.3, 0.4) is 0 Å². The van der Waals surface area contributed by atoms with E-state index in [1.165, 1.54) is 12.1 Å². The smallest absolute Gasteiger partial charge is 0.337 e. The van der Waals surface area contributed by atoms with E-state index in [4.69, 9.17) is 51.1 Å². The molecule has 0 aliphatic rings. The fraction of sp³-hybridized carbons (Fsp3) is 0.0667. The van der Waals surface area contributed by atoms with Crippen molar-refractivity contribution in [1.29, 1.82) is 0 Å². The van der Waals surface area contributed by atoms with Crippen LogP contribution in [-0.4, -0.2) is 18.5 Å². The van der Waals surface area contributed by atoms with Crippen LogP contribution >= 0.6 is 46.4 Å². The lowest BCUT2D eigenvalue weighted by Crippen LogP contribution is -2.45. The van der Waals surface area contributed by atoms with Crippen LogP contribution in [0.2, 0.25) is 20.1 Å². The molecule has 0 atom stereocenters. The maximum Gasteiger partial charge on any atom is 0.337 e. The summed E-state index contributed by atoms with van der Waals surface area (Å²) < 4.78 is 5.22. The second-order valence-corrected chi connectivity index (χ2v) is 6.28. The Morgan fingerprint density at radius 3 is 2.36 bits per heavy atom. The summed E-state index contributed by atoms with van der Waals surface area (Å²) in [6.45, 7) is -0.394. The third kappa shape index (κ3) is 6.17. The number of carbonyl (C=O) groups is 2. The average molecular weight is 423 g/mol. The van der Waals surface area contributed by atoms with Crippen molar-refractivity contribution in [3.63, 3.8) is 0 Å². The monoisotopic (exact) mass is 421 g/mol. The second-order valence-electron chi connectivity index (χ2n) is 4.62. The van der Waals surface area contributed by atoms with E-state index in [9.17, 15) is 9.59 Å². The zero-order chi connectivity index (χ0) is 18.4.